The minimum absolute atomic E-state index is 0.137. The molecule has 0 fully saturated rings. The SMILES string of the molecule is CCCOc1c[nH]c(Cn2c(C)nc3scc(-c4ccc(OC)cc4)c3c2=O)cc1=O. The number of aromatic nitrogens is 3. The van der Waals surface area contributed by atoms with E-state index in [0.29, 0.717) is 28.3 Å². The molecule has 3 aromatic heterocycles. The van der Waals surface area contributed by atoms with Gasteiger partial charge in [-0.3, -0.25) is 14.2 Å². The Balaban J connectivity index is 1.74. The summed E-state index contributed by atoms with van der Waals surface area (Å²) in [4.78, 5) is 34.1. The van der Waals surface area contributed by atoms with E-state index in [1.165, 1.54) is 17.4 Å². The molecule has 0 unspecified atom stereocenters. The summed E-state index contributed by atoms with van der Waals surface area (Å²) in [7, 11) is 1.62. The molecule has 8 heteroatoms. The molecular weight excluding hydrogens is 414 g/mol. The molecule has 0 aliphatic rings. The van der Waals surface area contributed by atoms with Crippen molar-refractivity contribution in [2.75, 3.05) is 13.7 Å². The van der Waals surface area contributed by atoms with Crippen LogP contribution in [0.4, 0.5) is 0 Å². The summed E-state index contributed by atoms with van der Waals surface area (Å²) < 4.78 is 12.2. The number of nitrogens with one attached hydrogen (secondary N) is 1. The third-order valence-corrected chi connectivity index (χ3v) is 5.88. The fraction of sp³-hybridized carbons (Fsp3) is 0.261. The molecule has 0 saturated carbocycles. The zero-order valence-electron chi connectivity index (χ0n) is 17.6. The number of H-pyrrole nitrogens is 1. The zero-order chi connectivity index (χ0) is 22.0. The van der Waals surface area contributed by atoms with E-state index in [2.05, 4.69) is 9.97 Å². The minimum atomic E-state index is -0.212. The second kappa shape index (κ2) is 8.77. The van der Waals surface area contributed by atoms with Gasteiger partial charge in [0.25, 0.3) is 5.56 Å². The first-order chi connectivity index (χ1) is 15.0. The Labute approximate surface area is 182 Å². The number of rotatable bonds is 7. The molecule has 1 aromatic carbocycles. The Morgan fingerprint density at radius 1 is 1.19 bits per heavy atom. The maximum atomic E-state index is 13.4. The van der Waals surface area contributed by atoms with Crippen molar-refractivity contribution in [2.24, 2.45) is 0 Å². The second-order valence-corrected chi connectivity index (χ2v) is 8.00. The van der Waals surface area contributed by atoms with E-state index in [4.69, 9.17) is 9.47 Å². The van der Waals surface area contributed by atoms with Crippen LogP contribution in [0.25, 0.3) is 21.3 Å². The number of benzene rings is 1. The van der Waals surface area contributed by atoms with Gasteiger partial charge in [-0.1, -0.05) is 19.1 Å². The molecule has 4 aromatic rings. The van der Waals surface area contributed by atoms with Gasteiger partial charge < -0.3 is 14.5 Å². The highest BCUT2D eigenvalue weighted by Gasteiger charge is 2.16. The molecule has 0 aliphatic carbocycles. The minimum Gasteiger partial charge on any atom is -0.497 e. The Bertz CT molecular complexity index is 1340. The van der Waals surface area contributed by atoms with Crippen molar-refractivity contribution in [1.29, 1.82) is 0 Å². The van der Waals surface area contributed by atoms with Crippen LogP contribution in [-0.4, -0.2) is 28.3 Å². The van der Waals surface area contributed by atoms with E-state index < -0.39 is 0 Å². The predicted octanol–water partition coefficient (Wildman–Crippen LogP) is 3.97. The highest BCUT2D eigenvalue weighted by atomic mass is 32.1. The van der Waals surface area contributed by atoms with E-state index in [1.54, 1.807) is 24.8 Å². The smallest absolute Gasteiger partial charge is 0.263 e. The second-order valence-electron chi connectivity index (χ2n) is 7.14. The lowest BCUT2D eigenvalue weighted by molar-refractivity contribution is 0.313. The van der Waals surface area contributed by atoms with Crippen LogP contribution >= 0.6 is 11.3 Å². The largest absolute Gasteiger partial charge is 0.497 e. The van der Waals surface area contributed by atoms with E-state index in [9.17, 15) is 9.59 Å². The monoisotopic (exact) mass is 437 g/mol. The molecule has 3 heterocycles. The molecule has 0 amide bonds. The number of thiophene rings is 1. The van der Waals surface area contributed by atoms with Crippen molar-refractivity contribution >= 4 is 21.6 Å². The summed E-state index contributed by atoms with van der Waals surface area (Å²) in [5, 5.41) is 2.53. The number of hydrogen-bond acceptors (Lipinski definition) is 6. The van der Waals surface area contributed by atoms with Crippen molar-refractivity contribution < 1.29 is 9.47 Å². The number of aryl methyl sites for hydroxylation is 1. The van der Waals surface area contributed by atoms with Gasteiger partial charge in [0.15, 0.2) is 5.75 Å². The molecule has 7 nitrogen and oxygen atoms in total. The van der Waals surface area contributed by atoms with Gasteiger partial charge in [-0.15, -0.1) is 11.3 Å². The highest BCUT2D eigenvalue weighted by Crippen LogP contribution is 2.32. The Hall–Kier alpha value is -3.39. The van der Waals surface area contributed by atoms with E-state index in [-0.39, 0.29) is 23.3 Å². The quantitative estimate of drug-likeness (QED) is 0.473. The molecule has 0 radical (unpaired) electrons. The topological polar surface area (TPSA) is 86.2 Å². The number of fused-ring (bicyclic) bond motifs is 1. The summed E-state index contributed by atoms with van der Waals surface area (Å²) in [5.41, 5.74) is 2.03. The number of hydrogen-bond donors (Lipinski definition) is 1. The van der Waals surface area contributed by atoms with E-state index >= 15 is 0 Å². The summed E-state index contributed by atoms with van der Waals surface area (Å²) >= 11 is 1.44. The lowest BCUT2D eigenvalue weighted by Gasteiger charge is -2.11. The molecule has 0 bridgehead atoms. The van der Waals surface area contributed by atoms with Crippen LogP contribution in [0.2, 0.25) is 0 Å². The maximum Gasteiger partial charge on any atom is 0.263 e. The molecular formula is C23H23N3O4S. The van der Waals surface area contributed by atoms with Crippen LogP contribution in [0, 0.1) is 6.92 Å². The van der Waals surface area contributed by atoms with Crippen molar-refractivity contribution in [1.82, 2.24) is 14.5 Å². The van der Waals surface area contributed by atoms with Gasteiger partial charge in [-0.05, 0) is 31.0 Å². The maximum absolute atomic E-state index is 13.4. The molecule has 0 saturated heterocycles. The van der Waals surface area contributed by atoms with Gasteiger partial charge in [0.1, 0.15) is 16.4 Å². The molecule has 0 spiro atoms. The van der Waals surface area contributed by atoms with Crippen molar-refractivity contribution in [2.45, 2.75) is 26.8 Å². The van der Waals surface area contributed by atoms with Crippen LogP contribution in [0.3, 0.4) is 0 Å². The van der Waals surface area contributed by atoms with Crippen LogP contribution in [-0.2, 0) is 6.54 Å². The first-order valence-corrected chi connectivity index (χ1v) is 10.9. The van der Waals surface area contributed by atoms with Crippen molar-refractivity contribution in [3.63, 3.8) is 0 Å². The first-order valence-electron chi connectivity index (χ1n) is 9.99. The normalized spacial score (nSPS) is 11.1. The molecule has 0 aliphatic heterocycles. The summed E-state index contributed by atoms with van der Waals surface area (Å²) in [5.74, 6) is 1.63. The standard InChI is InChI=1S/C23H23N3O4S/c1-4-9-30-20-11-24-16(10-19(20)27)12-26-14(2)25-22-21(23(26)28)18(13-31-22)15-5-7-17(29-3)8-6-15/h5-8,10-11,13H,4,9,12H2,1-3H3,(H,24,27). The molecule has 1 N–H and O–H groups in total. The number of nitrogens with zero attached hydrogens (tertiary/aromatic N) is 2. The van der Waals surface area contributed by atoms with Crippen LogP contribution in [0.5, 0.6) is 11.5 Å². The fourth-order valence-electron chi connectivity index (χ4n) is 3.38. The Morgan fingerprint density at radius 2 is 1.97 bits per heavy atom. The Kier molecular flexibility index (Phi) is 5.90. The molecule has 4 rings (SSSR count). The number of ether oxygens (including phenoxy) is 2. The highest BCUT2D eigenvalue weighted by molar-refractivity contribution is 7.17. The van der Waals surface area contributed by atoms with Crippen LogP contribution in [0.1, 0.15) is 24.9 Å². The van der Waals surface area contributed by atoms with Gasteiger partial charge in [-0.25, -0.2) is 4.98 Å². The fourth-order valence-corrected chi connectivity index (χ4v) is 4.37. The van der Waals surface area contributed by atoms with E-state index in [0.717, 1.165) is 23.3 Å². The van der Waals surface area contributed by atoms with E-state index in [1.807, 2.05) is 36.6 Å². The first kappa shape index (κ1) is 20.9. The van der Waals surface area contributed by atoms with Gasteiger partial charge in [0.2, 0.25) is 5.43 Å². The van der Waals surface area contributed by atoms with Gasteiger partial charge in [-0.2, -0.15) is 0 Å². The third kappa shape index (κ3) is 4.11. The number of methoxy groups -OCH3 is 1. The van der Waals surface area contributed by atoms with Gasteiger partial charge >= 0.3 is 0 Å². The molecule has 0 atom stereocenters. The lowest BCUT2D eigenvalue weighted by Crippen LogP contribution is -2.25. The van der Waals surface area contributed by atoms with Crippen LogP contribution < -0.4 is 20.5 Å². The van der Waals surface area contributed by atoms with Gasteiger partial charge in [0.05, 0.1) is 25.6 Å². The predicted molar refractivity (Wildman–Crippen MR) is 123 cm³/mol. The number of pyridine rings is 1. The third-order valence-electron chi connectivity index (χ3n) is 5.01. The van der Waals surface area contributed by atoms with Crippen molar-refractivity contribution in [3.05, 3.63) is 74.0 Å². The molecule has 160 valence electrons. The van der Waals surface area contributed by atoms with Crippen molar-refractivity contribution in [3.8, 4) is 22.6 Å². The number of aromatic amines is 1. The molecule has 31 heavy (non-hydrogen) atoms. The lowest BCUT2D eigenvalue weighted by atomic mass is 10.1. The average Bonchev–Trinajstić information content (AvgIpc) is 3.20. The average molecular weight is 438 g/mol. The Morgan fingerprint density at radius 3 is 2.65 bits per heavy atom. The summed E-state index contributed by atoms with van der Waals surface area (Å²) in [6, 6.07) is 9.06. The zero-order valence-corrected chi connectivity index (χ0v) is 18.4. The van der Waals surface area contributed by atoms with Crippen LogP contribution in [0.15, 0.2) is 51.5 Å². The van der Waals surface area contributed by atoms with Gasteiger partial charge in [0, 0.05) is 28.9 Å². The summed E-state index contributed by atoms with van der Waals surface area (Å²) in [6.45, 7) is 4.47. The summed E-state index contributed by atoms with van der Waals surface area (Å²) in [6.07, 6.45) is 2.37.